The zero-order valence-electron chi connectivity index (χ0n) is 16.0. The molecule has 1 amide bonds. The van der Waals surface area contributed by atoms with Gasteiger partial charge in [0.15, 0.2) is 0 Å². The van der Waals surface area contributed by atoms with Gasteiger partial charge in [0.25, 0.3) is 5.56 Å². The number of nitrogens with one attached hydrogen (secondary N) is 1. The van der Waals surface area contributed by atoms with Gasteiger partial charge in [0.05, 0.1) is 16.9 Å². The van der Waals surface area contributed by atoms with E-state index < -0.39 is 41.2 Å². The fourth-order valence-corrected chi connectivity index (χ4v) is 3.99. The highest BCUT2D eigenvalue weighted by Gasteiger charge is 2.18. The van der Waals surface area contributed by atoms with Gasteiger partial charge < -0.3 is 5.32 Å². The van der Waals surface area contributed by atoms with Gasteiger partial charge in [-0.1, -0.05) is 0 Å². The van der Waals surface area contributed by atoms with Gasteiger partial charge in [0.1, 0.15) is 28.7 Å². The van der Waals surface area contributed by atoms with E-state index in [1.165, 1.54) is 25.1 Å². The van der Waals surface area contributed by atoms with Crippen molar-refractivity contribution in [2.75, 3.05) is 5.32 Å². The van der Waals surface area contributed by atoms with E-state index in [1.54, 1.807) is 5.38 Å². The van der Waals surface area contributed by atoms with Crippen LogP contribution in [0.2, 0.25) is 0 Å². The van der Waals surface area contributed by atoms with Crippen LogP contribution in [-0.2, 0) is 11.3 Å². The Balaban J connectivity index is 1.81. The van der Waals surface area contributed by atoms with Crippen LogP contribution in [0.25, 0.3) is 15.9 Å². The van der Waals surface area contributed by atoms with Crippen molar-refractivity contribution in [2.45, 2.75) is 13.5 Å². The molecule has 31 heavy (non-hydrogen) atoms. The fraction of sp³-hybridized carbons (Fsp3) is 0.0952. The number of aryl methyl sites for hydroxylation is 1. The first-order valence-electron chi connectivity index (χ1n) is 9.01. The second-order valence-electron chi connectivity index (χ2n) is 6.75. The topological polar surface area (TPSA) is 73.1 Å². The monoisotopic (exact) mass is 445 g/mol. The molecule has 0 unspecified atom stereocenters. The van der Waals surface area contributed by atoms with Crippen molar-refractivity contribution >= 4 is 33.1 Å². The summed E-state index contributed by atoms with van der Waals surface area (Å²) in [6.07, 6.45) is 0. The Bertz CT molecular complexity index is 1460. The maximum Gasteiger partial charge on any atom is 0.336 e. The highest BCUT2D eigenvalue weighted by molar-refractivity contribution is 7.17. The van der Waals surface area contributed by atoms with Gasteiger partial charge in [-0.15, -0.1) is 11.3 Å². The number of anilines is 1. The zero-order valence-corrected chi connectivity index (χ0v) is 16.8. The average molecular weight is 445 g/mol. The second kappa shape index (κ2) is 7.88. The Kier molecular flexibility index (Phi) is 5.24. The number of hydrogen-bond donors (Lipinski definition) is 1. The molecular weight excluding hydrogens is 431 g/mol. The van der Waals surface area contributed by atoms with Crippen LogP contribution >= 0.6 is 11.3 Å². The molecule has 0 atom stereocenters. The molecule has 0 saturated heterocycles. The molecule has 6 nitrogen and oxygen atoms in total. The first-order valence-corrected chi connectivity index (χ1v) is 9.88. The molecule has 2 aromatic carbocycles. The number of aromatic nitrogens is 2. The summed E-state index contributed by atoms with van der Waals surface area (Å²) in [5.74, 6) is -2.87. The predicted octanol–water partition coefficient (Wildman–Crippen LogP) is 3.58. The third-order valence-electron chi connectivity index (χ3n) is 4.66. The summed E-state index contributed by atoms with van der Waals surface area (Å²) in [5, 5.41) is 3.82. The van der Waals surface area contributed by atoms with Crippen molar-refractivity contribution in [2.24, 2.45) is 0 Å². The summed E-state index contributed by atoms with van der Waals surface area (Å²) < 4.78 is 43.0. The molecule has 1 N–H and O–H groups in total. The highest BCUT2D eigenvalue weighted by Crippen LogP contribution is 2.19. The number of nitrogens with zero attached hydrogens (tertiary/aromatic N) is 2. The molecule has 4 rings (SSSR count). The fourth-order valence-electron chi connectivity index (χ4n) is 3.16. The summed E-state index contributed by atoms with van der Waals surface area (Å²) in [4.78, 5) is 38.5. The van der Waals surface area contributed by atoms with E-state index in [-0.39, 0.29) is 27.2 Å². The molecule has 0 saturated carbocycles. The summed E-state index contributed by atoms with van der Waals surface area (Å²) in [7, 11) is 0. The number of benzene rings is 2. The van der Waals surface area contributed by atoms with Gasteiger partial charge in [-0.2, -0.15) is 0 Å². The maximum atomic E-state index is 13.8. The highest BCUT2D eigenvalue weighted by atomic mass is 32.1. The zero-order chi connectivity index (χ0) is 22.3. The van der Waals surface area contributed by atoms with E-state index in [2.05, 4.69) is 5.32 Å². The van der Waals surface area contributed by atoms with Crippen molar-refractivity contribution in [3.05, 3.63) is 91.7 Å². The number of fused-ring (bicyclic) bond motifs is 1. The summed E-state index contributed by atoms with van der Waals surface area (Å²) in [5.41, 5.74) is -1.19. The second-order valence-corrected chi connectivity index (χ2v) is 7.67. The van der Waals surface area contributed by atoms with Crippen LogP contribution in [0.3, 0.4) is 0 Å². The van der Waals surface area contributed by atoms with E-state index in [0.29, 0.717) is 0 Å². The van der Waals surface area contributed by atoms with Gasteiger partial charge in [0.2, 0.25) is 5.91 Å². The smallest absolute Gasteiger partial charge is 0.322 e. The molecule has 2 aromatic heterocycles. The summed E-state index contributed by atoms with van der Waals surface area (Å²) >= 11 is 1.08. The van der Waals surface area contributed by atoms with Crippen molar-refractivity contribution < 1.29 is 18.0 Å². The predicted molar refractivity (Wildman–Crippen MR) is 111 cm³/mol. The van der Waals surface area contributed by atoms with Crippen molar-refractivity contribution in [1.82, 2.24) is 9.13 Å². The van der Waals surface area contributed by atoms with E-state index >= 15 is 0 Å². The number of amides is 1. The van der Waals surface area contributed by atoms with Gasteiger partial charge in [-0.25, -0.2) is 22.5 Å². The molecule has 0 aliphatic heterocycles. The van der Waals surface area contributed by atoms with E-state index in [4.69, 9.17) is 0 Å². The molecular formula is C21H14F3N3O3S. The lowest BCUT2D eigenvalue weighted by Crippen LogP contribution is -2.40. The van der Waals surface area contributed by atoms with Crippen LogP contribution in [-0.4, -0.2) is 15.0 Å². The molecule has 0 aliphatic rings. The lowest BCUT2D eigenvalue weighted by atomic mass is 10.2. The molecule has 0 fully saturated rings. The Morgan fingerprint density at radius 1 is 1.03 bits per heavy atom. The third kappa shape index (κ3) is 3.77. The number of rotatable bonds is 4. The van der Waals surface area contributed by atoms with Crippen LogP contribution in [0.1, 0.15) is 5.56 Å². The Morgan fingerprint density at radius 3 is 2.52 bits per heavy atom. The SMILES string of the molecule is Cc1cc(-n2c(=O)c3sccc3n(CC(=O)Nc3cc(F)ccc3F)c2=O)ccc1F. The number of halogens is 3. The van der Waals surface area contributed by atoms with Crippen molar-refractivity contribution in [3.8, 4) is 5.69 Å². The molecule has 4 aromatic rings. The van der Waals surface area contributed by atoms with Crippen molar-refractivity contribution in [3.63, 3.8) is 0 Å². The lowest BCUT2D eigenvalue weighted by Gasteiger charge is -2.13. The molecule has 0 spiro atoms. The normalized spacial score (nSPS) is 11.1. The minimum atomic E-state index is -0.838. The molecule has 0 radical (unpaired) electrons. The van der Waals surface area contributed by atoms with E-state index in [1.807, 2.05) is 0 Å². The molecule has 0 bridgehead atoms. The number of hydrogen-bond acceptors (Lipinski definition) is 4. The minimum Gasteiger partial charge on any atom is -0.322 e. The first-order chi connectivity index (χ1) is 14.8. The Hall–Kier alpha value is -3.66. The Morgan fingerprint density at radius 2 is 1.77 bits per heavy atom. The van der Waals surface area contributed by atoms with Crippen LogP contribution in [0.4, 0.5) is 18.9 Å². The summed E-state index contributed by atoms with van der Waals surface area (Å²) in [6.45, 7) is 0.940. The Labute approximate surface area is 176 Å². The molecule has 2 heterocycles. The van der Waals surface area contributed by atoms with E-state index in [0.717, 1.165) is 44.7 Å². The van der Waals surface area contributed by atoms with Crippen molar-refractivity contribution in [1.29, 1.82) is 0 Å². The van der Waals surface area contributed by atoms with E-state index in [9.17, 15) is 27.6 Å². The standard InChI is InChI=1S/C21H14F3N3O3S/c1-11-8-13(3-5-14(11)23)27-20(29)19-17(6-7-31-19)26(21(27)30)10-18(28)25-16-9-12(22)2-4-15(16)24/h2-9H,10H2,1H3,(H,25,28). The number of carbonyl (C=O) groups excluding carboxylic acids is 1. The summed E-state index contributed by atoms with van der Waals surface area (Å²) in [6, 6.07) is 7.88. The molecule has 10 heteroatoms. The van der Waals surface area contributed by atoms with Gasteiger partial charge in [0, 0.05) is 6.07 Å². The van der Waals surface area contributed by atoms with Crippen LogP contribution < -0.4 is 16.6 Å². The van der Waals surface area contributed by atoms with Crippen LogP contribution in [0.15, 0.2) is 57.4 Å². The maximum absolute atomic E-state index is 13.8. The van der Waals surface area contributed by atoms with Crippen LogP contribution in [0, 0.1) is 24.4 Å². The average Bonchev–Trinajstić information content (AvgIpc) is 3.21. The largest absolute Gasteiger partial charge is 0.336 e. The first kappa shape index (κ1) is 20.6. The molecule has 158 valence electrons. The number of carbonyl (C=O) groups is 1. The van der Waals surface area contributed by atoms with Gasteiger partial charge in [-0.05, 0) is 54.3 Å². The lowest BCUT2D eigenvalue weighted by molar-refractivity contribution is -0.116. The molecule has 0 aliphatic carbocycles. The van der Waals surface area contributed by atoms with Crippen LogP contribution in [0.5, 0.6) is 0 Å². The quantitative estimate of drug-likeness (QED) is 0.522. The number of thiophene rings is 1. The van der Waals surface area contributed by atoms with Gasteiger partial charge in [-0.3, -0.25) is 14.2 Å². The van der Waals surface area contributed by atoms with Gasteiger partial charge >= 0.3 is 5.69 Å². The third-order valence-corrected chi connectivity index (χ3v) is 5.55. The minimum absolute atomic E-state index is 0.148.